The standard InChI is InChI=1S/C7H9N3/c1-3-4-7-5-8-6-9-10(7)2/h3-6H,1H2,2H3/b7-4-. The smallest absolute Gasteiger partial charge is 0.135 e. The minimum Gasteiger partial charge on any atom is -0.266 e. The summed E-state index contributed by atoms with van der Waals surface area (Å²) in [6, 6.07) is 0. The van der Waals surface area contributed by atoms with Crippen molar-refractivity contribution >= 4 is 12.6 Å². The lowest BCUT2D eigenvalue weighted by Crippen LogP contribution is -2.14. The van der Waals surface area contributed by atoms with Gasteiger partial charge in [0.1, 0.15) is 6.34 Å². The van der Waals surface area contributed by atoms with Crippen molar-refractivity contribution in [3.8, 4) is 0 Å². The molecule has 0 aromatic heterocycles. The molecule has 0 aromatic carbocycles. The van der Waals surface area contributed by atoms with E-state index in [1.165, 1.54) is 6.34 Å². The third-order valence-corrected chi connectivity index (χ3v) is 1.16. The van der Waals surface area contributed by atoms with E-state index in [2.05, 4.69) is 16.7 Å². The molecule has 0 atom stereocenters. The maximum atomic E-state index is 3.92. The zero-order valence-electron chi connectivity index (χ0n) is 5.86. The third-order valence-electron chi connectivity index (χ3n) is 1.16. The predicted octanol–water partition coefficient (Wildman–Crippen LogP) is 1.02. The first-order valence-corrected chi connectivity index (χ1v) is 2.96. The first-order chi connectivity index (χ1) is 4.84. The van der Waals surface area contributed by atoms with Crippen LogP contribution in [0.25, 0.3) is 0 Å². The van der Waals surface area contributed by atoms with Gasteiger partial charge in [-0.05, 0) is 6.08 Å². The van der Waals surface area contributed by atoms with Gasteiger partial charge in [0.15, 0.2) is 0 Å². The van der Waals surface area contributed by atoms with Gasteiger partial charge in [-0.15, -0.1) is 0 Å². The summed E-state index contributed by atoms with van der Waals surface area (Å²) in [7, 11) is 1.86. The van der Waals surface area contributed by atoms with Crippen molar-refractivity contribution in [3.05, 3.63) is 24.4 Å². The zero-order chi connectivity index (χ0) is 7.40. The summed E-state index contributed by atoms with van der Waals surface area (Å²) in [5.41, 5.74) is 0.942. The Bertz CT molecular complexity index is 213. The average Bonchev–Trinajstić information content (AvgIpc) is 1.94. The van der Waals surface area contributed by atoms with E-state index >= 15 is 0 Å². The van der Waals surface area contributed by atoms with E-state index in [1.54, 1.807) is 17.3 Å². The first-order valence-electron chi connectivity index (χ1n) is 2.96. The number of hydrogen-bond donors (Lipinski definition) is 0. The minimum absolute atomic E-state index is 0.942. The van der Waals surface area contributed by atoms with E-state index in [-0.39, 0.29) is 0 Å². The molecule has 0 spiro atoms. The molecule has 3 nitrogen and oxygen atoms in total. The number of rotatable bonds is 1. The van der Waals surface area contributed by atoms with Crippen LogP contribution in [0.2, 0.25) is 0 Å². The second-order valence-corrected chi connectivity index (χ2v) is 1.86. The Kier molecular flexibility index (Phi) is 1.99. The van der Waals surface area contributed by atoms with E-state index in [9.17, 15) is 0 Å². The lowest BCUT2D eigenvalue weighted by atomic mass is 10.4. The van der Waals surface area contributed by atoms with Crippen molar-refractivity contribution in [2.45, 2.75) is 0 Å². The largest absolute Gasteiger partial charge is 0.266 e. The Labute approximate surface area is 60.1 Å². The highest BCUT2D eigenvalue weighted by Crippen LogP contribution is 2.01. The summed E-state index contributed by atoms with van der Waals surface area (Å²) in [5, 5.41) is 5.66. The van der Waals surface area contributed by atoms with Crippen LogP contribution >= 0.6 is 0 Å². The molecular weight excluding hydrogens is 126 g/mol. The topological polar surface area (TPSA) is 28.0 Å². The van der Waals surface area contributed by atoms with Crippen molar-refractivity contribution in [1.29, 1.82) is 0 Å². The lowest BCUT2D eigenvalue weighted by molar-refractivity contribution is 0.470. The Balaban J connectivity index is 2.79. The molecule has 10 heavy (non-hydrogen) atoms. The Morgan fingerprint density at radius 2 is 2.50 bits per heavy atom. The fourth-order valence-electron chi connectivity index (χ4n) is 0.639. The maximum Gasteiger partial charge on any atom is 0.135 e. The second kappa shape index (κ2) is 2.96. The van der Waals surface area contributed by atoms with Gasteiger partial charge in [-0.2, -0.15) is 5.10 Å². The van der Waals surface area contributed by atoms with Crippen molar-refractivity contribution in [1.82, 2.24) is 5.01 Å². The molecule has 0 saturated carbocycles. The normalized spacial score (nSPS) is 20.1. The molecule has 0 aliphatic carbocycles. The highest BCUT2D eigenvalue weighted by molar-refractivity contribution is 5.86. The molecule has 0 aromatic rings. The quantitative estimate of drug-likeness (QED) is 0.527. The molecule has 0 N–H and O–H groups in total. The third kappa shape index (κ3) is 1.31. The van der Waals surface area contributed by atoms with Crippen LogP contribution in [0.15, 0.2) is 34.5 Å². The van der Waals surface area contributed by atoms with Crippen molar-refractivity contribution in [3.63, 3.8) is 0 Å². The van der Waals surface area contributed by atoms with Gasteiger partial charge in [0.25, 0.3) is 0 Å². The van der Waals surface area contributed by atoms with Gasteiger partial charge in [-0.25, -0.2) is 4.99 Å². The van der Waals surface area contributed by atoms with Crippen LogP contribution in [0.4, 0.5) is 0 Å². The Morgan fingerprint density at radius 1 is 1.70 bits per heavy atom. The molecule has 0 saturated heterocycles. The first kappa shape index (κ1) is 6.74. The van der Waals surface area contributed by atoms with Crippen molar-refractivity contribution < 1.29 is 0 Å². The molecule has 1 rings (SSSR count). The van der Waals surface area contributed by atoms with E-state index < -0.39 is 0 Å². The van der Waals surface area contributed by atoms with Crippen LogP contribution in [-0.2, 0) is 0 Å². The minimum atomic E-state index is 0.942. The van der Waals surface area contributed by atoms with E-state index in [0.717, 1.165) is 5.70 Å². The molecule has 1 heterocycles. The average molecular weight is 135 g/mol. The van der Waals surface area contributed by atoms with Gasteiger partial charge in [0, 0.05) is 7.05 Å². The van der Waals surface area contributed by atoms with Crippen LogP contribution in [0.5, 0.6) is 0 Å². The molecule has 3 heteroatoms. The number of hydrazone groups is 1. The molecule has 52 valence electrons. The van der Waals surface area contributed by atoms with Crippen LogP contribution < -0.4 is 0 Å². The molecule has 0 unspecified atom stereocenters. The molecule has 0 amide bonds. The van der Waals surface area contributed by atoms with E-state index in [1.807, 2.05) is 13.1 Å². The number of hydrogen-bond acceptors (Lipinski definition) is 3. The summed E-state index contributed by atoms with van der Waals surface area (Å²) >= 11 is 0. The van der Waals surface area contributed by atoms with Gasteiger partial charge in [-0.3, -0.25) is 5.01 Å². The van der Waals surface area contributed by atoms with Crippen LogP contribution in [-0.4, -0.2) is 24.6 Å². The van der Waals surface area contributed by atoms with Crippen LogP contribution in [0.1, 0.15) is 0 Å². The summed E-state index contributed by atoms with van der Waals surface area (Å²) in [5.74, 6) is 0. The molecule has 1 aliphatic rings. The number of nitrogens with zero attached hydrogens (tertiary/aromatic N) is 3. The Morgan fingerprint density at radius 3 is 3.10 bits per heavy atom. The second-order valence-electron chi connectivity index (χ2n) is 1.86. The van der Waals surface area contributed by atoms with Crippen LogP contribution in [0, 0.1) is 0 Å². The van der Waals surface area contributed by atoms with Gasteiger partial charge >= 0.3 is 0 Å². The molecule has 0 fully saturated rings. The monoisotopic (exact) mass is 135 g/mol. The van der Waals surface area contributed by atoms with E-state index in [0.29, 0.717) is 0 Å². The molecular formula is C7H9N3. The summed E-state index contributed by atoms with van der Waals surface area (Å²) in [6.45, 7) is 3.57. The summed E-state index contributed by atoms with van der Waals surface area (Å²) in [4.78, 5) is 3.85. The molecule has 0 radical (unpaired) electrons. The van der Waals surface area contributed by atoms with Gasteiger partial charge in [0.05, 0.1) is 11.9 Å². The van der Waals surface area contributed by atoms with Crippen LogP contribution in [0.3, 0.4) is 0 Å². The number of aliphatic imine (C=N–C) groups is 1. The zero-order valence-corrected chi connectivity index (χ0v) is 5.86. The van der Waals surface area contributed by atoms with Crippen molar-refractivity contribution in [2.75, 3.05) is 7.05 Å². The maximum absolute atomic E-state index is 3.92. The highest BCUT2D eigenvalue weighted by atomic mass is 15.5. The van der Waals surface area contributed by atoms with Gasteiger partial charge in [0.2, 0.25) is 0 Å². The van der Waals surface area contributed by atoms with Gasteiger partial charge in [-0.1, -0.05) is 12.7 Å². The van der Waals surface area contributed by atoms with Crippen molar-refractivity contribution in [2.24, 2.45) is 10.1 Å². The van der Waals surface area contributed by atoms with E-state index in [4.69, 9.17) is 0 Å². The Hall–Kier alpha value is -1.38. The predicted molar refractivity (Wildman–Crippen MR) is 43.0 cm³/mol. The lowest BCUT2D eigenvalue weighted by Gasteiger charge is -2.14. The fraction of sp³-hybridized carbons (Fsp3) is 0.143. The highest BCUT2D eigenvalue weighted by Gasteiger charge is 1.99. The van der Waals surface area contributed by atoms with Gasteiger partial charge < -0.3 is 0 Å². The summed E-state index contributed by atoms with van der Waals surface area (Å²) < 4.78 is 0. The summed E-state index contributed by atoms with van der Waals surface area (Å²) in [6.07, 6.45) is 6.79. The number of allylic oxidation sites excluding steroid dienone is 3. The SMILES string of the molecule is C=C/C=C1/C=NC=NN1C. The molecule has 1 aliphatic heterocycles. The molecule has 0 bridgehead atoms. The fourth-order valence-corrected chi connectivity index (χ4v) is 0.639.